The summed E-state index contributed by atoms with van der Waals surface area (Å²) in [6.45, 7) is 2.06. The molecule has 1 aliphatic carbocycles. The minimum Gasteiger partial charge on any atom is -0.481 e. The number of aryl methyl sites for hydroxylation is 1. The minimum absolute atomic E-state index is 0.343. The number of allylic oxidation sites excluding steroid dienone is 2. The van der Waals surface area contributed by atoms with Crippen LogP contribution in [0.3, 0.4) is 0 Å². The highest BCUT2D eigenvalue weighted by atomic mass is 32.1. The van der Waals surface area contributed by atoms with Gasteiger partial charge in [0.15, 0.2) is 0 Å². The molecule has 0 bridgehead atoms. The summed E-state index contributed by atoms with van der Waals surface area (Å²) in [5, 5.41) is 11.3. The number of anilines is 1. The Morgan fingerprint density at radius 2 is 1.52 bits per heavy atom. The van der Waals surface area contributed by atoms with E-state index in [1.807, 2.05) is 54.4 Å². The largest absolute Gasteiger partial charge is 0.481 e. The van der Waals surface area contributed by atoms with Gasteiger partial charge in [-0.1, -0.05) is 112 Å². The fraction of sp³-hybridized carbons (Fsp3) is 0.459. The third-order valence-electron chi connectivity index (χ3n) is 7.92. The summed E-state index contributed by atoms with van der Waals surface area (Å²) in [5.41, 5.74) is 2.21. The Bertz CT molecular complexity index is 1270. The van der Waals surface area contributed by atoms with E-state index < -0.39 is 5.97 Å². The van der Waals surface area contributed by atoms with E-state index in [2.05, 4.69) is 43.3 Å². The molecule has 4 nitrogen and oxygen atoms in total. The monoisotopic (exact) mass is 587 g/mol. The van der Waals surface area contributed by atoms with Gasteiger partial charge in [0.05, 0.1) is 0 Å². The van der Waals surface area contributed by atoms with E-state index in [-0.39, 0.29) is 0 Å². The quantitative estimate of drug-likeness (QED) is 0.109. The third-order valence-corrected chi connectivity index (χ3v) is 8.27. The molecule has 42 heavy (non-hydrogen) atoms. The molecule has 1 aliphatic rings. The Labute approximate surface area is 258 Å². The standard InChI is InChI=1S/C19H17NOS.C18H32O2/c1-14-6-5-9-17(12-14)20(2)19(22)21-18-11-10-15-7-3-4-8-16(15)13-18;19-18(20)16-10-8-6-4-2-1-3-5-7-9-13-17-14-11-12-15-17/h3-13H,1-2H3;11,14,17H,1-10,12-13,15-16H2,(H,19,20). The molecule has 0 heterocycles. The number of unbranched alkanes of at least 4 members (excludes halogenated alkanes) is 9. The summed E-state index contributed by atoms with van der Waals surface area (Å²) in [5.74, 6) is 0.988. The summed E-state index contributed by atoms with van der Waals surface area (Å²) in [7, 11) is 1.91. The Morgan fingerprint density at radius 3 is 2.17 bits per heavy atom. The molecular formula is C37H49NO3S. The van der Waals surface area contributed by atoms with Crippen LogP contribution in [0.15, 0.2) is 78.9 Å². The molecule has 0 amide bonds. The number of hydrogen-bond acceptors (Lipinski definition) is 3. The molecule has 1 atom stereocenters. The SMILES string of the molecule is Cc1cccc(N(C)C(=S)Oc2ccc3ccccc3c2)c1.O=C(O)CCCCCCCCCCCCC1C=CCC1. The number of carboxylic acids is 1. The lowest BCUT2D eigenvalue weighted by Gasteiger charge is -2.20. The fourth-order valence-corrected chi connectivity index (χ4v) is 5.58. The molecule has 3 aromatic rings. The molecule has 0 fully saturated rings. The highest BCUT2D eigenvalue weighted by molar-refractivity contribution is 7.80. The maximum atomic E-state index is 10.3. The molecule has 0 spiro atoms. The van der Waals surface area contributed by atoms with Gasteiger partial charge in [-0.15, -0.1) is 0 Å². The van der Waals surface area contributed by atoms with Crippen molar-refractivity contribution in [2.24, 2.45) is 5.92 Å². The number of ether oxygens (including phenoxy) is 1. The van der Waals surface area contributed by atoms with Crippen LogP contribution in [0, 0.1) is 12.8 Å². The molecule has 226 valence electrons. The fourth-order valence-electron chi connectivity index (χ4n) is 5.37. The lowest BCUT2D eigenvalue weighted by molar-refractivity contribution is -0.137. The Hall–Kier alpha value is -3.18. The van der Waals surface area contributed by atoms with Crippen LogP contribution in [0.25, 0.3) is 10.8 Å². The normalized spacial score (nSPS) is 13.9. The topological polar surface area (TPSA) is 49.8 Å². The molecule has 0 saturated carbocycles. The van der Waals surface area contributed by atoms with Gasteiger partial charge in [-0.2, -0.15) is 0 Å². The number of aliphatic carboxylic acids is 1. The molecule has 0 aliphatic heterocycles. The molecule has 5 heteroatoms. The number of fused-ring (bicyclic) bond motifs is 1. The first-order valence-electron chi connectivity index (χ1n) is 15.8. The minimum atomic E-state index is -0.655. The summed E-state index contributed by atoms with van der Waals surface area (Å²) in [6.07, 6.45) is 21.9. The van der Waals surface area contributed by atoms with Crippen molar-refractivity contribution in [3.8, 4) is 5.75 Å². The number of hydrogen-bond donors (Lipinski definition) is 1. The first-order chi connectivity index (χ1) is 20.4. The van der Waals surface area contributed by atoms with Crippen LogP contribution in [-0.2, 0) is 4.79 Å². The zero-order valence-corrected chi connectivity index (χ0v) is 26.4. The van der Waals surface area contributed by atoms with Crippen molar-refractivity contribution in [3.63, 3.8) is 0 Å². The van der Waals surface area contributed by atoms with Crippen molar-refractivity contribution < 1.29 is 14.6 Å². The van der Waals surface area contributed by atoms with Gasteiger partial charge < -0.3 is 14.7 Å². The van der Waals surface area contributed by atoms with Crippen LogP contribution in [0.4, 0.5) is 5.69 Å². The van der Waals surface area contributed by atoms with Crippen molar-refractivity contribution in [2.45, 2.75) is 96.8 Å². The van der Waals surface area contributed by atoms with Gasteiger partial charge >= 0.3 is 5.97 Å². The second-order valence-electron chi connectivity index (χ2n) is 11.5. The molecule has 0 radical (unpaired) electrons. The van der Waals surface area contributed by atoms with Gasteiger partial charge in [0.2, 0.25) is 0 Å². The first-order valence-corrected chi connectivity index (χ1v) is 16.2. The number of benzene rings is 3. The van der Waals surface area contributed by atoms with Gasteiger partial charge in [0.1, 0.15) is 5.75 Å². The zero-order valence-electron chi connectivity index (χ0n) is 25.6. The van der Waals surface area contributed by atoms with E-state index in [4.69, 9.17) is 22.1 Å². The van der Waals surface area contributed by atoms with Crippen LogP contribution in [-0.4, -0.2) is 23.3 Å². The maximum Gasteiger partial charge on any atom is 0.303 e. The average Bonchev–Trinajstić information content (AvgIpc) is 3.51. The summed E-state index contributed by atoms with van der Waals surface area (Å²) < 4.78 is 5.84. The Morgan fingerprint density at radius 1 is 0.857 bits per heavy atom. The van der Waals surface area contributed by atoms with Crippen molar-refractivity contribution in [3.05, 3.63) is 84.4 Å². The van der Waals surface area contributed by atoms with Gasteiger partial charge in [-0.25, -0.2) is 0 Å². The highest BCUT2D eigenvalue weighted by Gasteiger charge is 2.10. The van der Waals surface area contributed by atoms with E-state index in [1.165, 1.54) is 81.6 Å². The number of carboxylic acid groups (broad SMARTS) is 1. The molecule has 1 N–H and O–H groups in total. The van der Waals surface area contributed by atoms with Crippen LogP contribution in [0.2, 0.25) is 0 Å². The third kappa shape index (κ3) is 12.8. The number of nitrogens with zero attached hydrogens (tertiary/aromatic N) is 1. The van der Waals surface area contributed by atoms with Gasteiger partial charge in [-0.05, 0) is 91.3 Å². The lowest BCUT2D eigenvalue weighted by Crippen LogP contribution is -2.29. The highest BCUT2D eigenvalue weighted by Crippen LogP contribution is 2.24. The maximum absolute atomic E-state index is 10.3. The first kappa shape index (κ1) is 33.3. The van der Waals surface area contributed by atoms with Crippen molar-refractivity contribution in [1.82, 2.24) is 0 Å². The van der Waals surface area contributed by atoms with E-state index in [1.54, 1.807) is 0 Å². The predicted molar refractivity (Wildman–Crippen MR) is 182 cm³/mol. The van der Waals surface area contributed by atoms with Crippen molar-refractivity contribution in [1.29, 1.82) is 0 Å². The molecule has 0 saturated heterocycles. The lowest BCUT2D eigenvalue weighted by atomic mass is 9.99. The second kappa shape index (κ2) is 19.1. The van der Waals surface area contributed by atoms with Crippen LogP contribution in [0.1, 0.15) is 95.5 Å². The molecule has 1 unspecified atom stereocenters. The van der Waals surface area contributed by atoms with Crippen molar-refractivity contribution >= 4 is 39.8 Å². The molecular weight excluding hydrogens is 538 g/mol. The molecule has 4 rings (SSSR count). The summed E-state index contributed by atoms with van der Waals surface area (Å²) in [4.78, 5) is 12.2. The van der Waals surface area contributed by atoms with E-state index in [9.17, 15) is 4.79 Å². The van der Waals surface area contributed by atoms with E-state index in [0.717, 1.165) is 35.6 Å². The van der Waals surface area contributed by atoms with Gasteiger partial charge in [0.25, 0.3) is 5.17 Å². The summed E-state index contributed by atoms with van der Waals surface area (Å²) in [6, 6.07) is 22.3. The number of carbonyl (C=O) groups is 1. The van der Waals surface area contributed by atoms with Crippen LogP contribution in [0.5, 0.6) is 5.75 Å². The molecule has 0 aromatic heterocycles. The van der Waals surface area contributed by atoms with Gasteiger partial charge in [0, 0.05) is 19.2 Å². The van der Waals surface area contributed by atoms with E-state index in [0.29, 0.717) is 11.6 Å². The second-order valence-corrected chi connectivity index (χ2v) is 11.9. The average molecular weight is 588 g/mol. The Balaban J connectivity index is 0.000000232. The van der Waals surface area contributed by atoms with E-state index >= 15 is 0 Å². The van der Waals surface area contributed by atoms with Crippen molar-refractivity contribution in [2.75, 3.05) is 11.9 Å². The van der Waals surface area contributed by atoms with Crippen LogP contribution >= 0.6 is 12.2 Å². The number of rotatable bonds is 15. The van der Waals surface area contributed by atoms with Gasteiger partial charge in [-0.3, -0.25) is 4.79 Å². The zero-order chi connectivity index (χ0) is 30.0. The summed E-state index contributed by atoms with van der Waals surface area (Å²) >= 11 is 5.41. The number of thiocarbonyl (C=S) groups is 1. The van der Waals surface area contributed by atoms with Crippen LogP contribution < -0.4 is 9.64 Å². The molecule has 3 aromatic carbocycles. The Kier molecular flexibility index (Phi) is 15.1. The predicted octanol–water partition coefficient (Wildman–Crippen LogP) is 10.7. The smallest absolute Gasteiger partial charge is 0.303 e.